The first-order chi connectivity index (χ1) is 32.2. The number of aliphatic carboxylic acids is 1. The number of carboxylic acids is 1. The Morgan fingerprint density at radius 1 is 0.437 bits per heavy atom. The van der Waals surface area contributed by atoms with Crippen molar-refractivity contribution < 1.29 is 72.1 Å². The third kappa shape index (κ3) is 18.9. The van der Waals surface area contributed by atoms with E-state index in [9.17, 15) is 38.7 Å². The van der Waals surface area contributed by atoms with E-state index in [1.807, 2.05) is 0 Å². The quantitative estimate of drug-likeness (QED) is 0.0420. The number of ether oxygens (including phenoxy) is 4. The van der Waals surface area contributed by atoms with Crippen molar-refractivity contribution in [2.24, 2.45) is 15.5 Å². The molecule has 71 heavy (non-hydrogen) atoms. The van der Waals surface area contributed by atoms with Gasteiger partial charge in [-0.05, 0) is 125 Å². The van der Waals surface area contributed by atoms with Crippen molar-refractivity contribution in [3.05, 3.63) is 33.2 Å². The van der Waals surface area contributed by atoms with Crippen LogP contribution in [0.4, 0.5) is 20.2 Å². The van der Waals surface area contributed by atoms with Crippen LogP contribution in [-0.4, -0.2) is 118 Å². The van der Waals surface area contributed by atoms with Gasteiger partial charge in [0.05, 0.1) is 0 Å². The fourth-order valence-electron chi connectivity index (χ4n) is 4.42. The van der Waals surface area contributed by atoms with E-state index in [0.717, 1.165) is 34.0 Å². The fourth-order valence-corrected chi connectivity index (χ4v) is 6.48. The number of hydrogen-bond acceptors (Lipinski definition) is 23. The summed E-state index contributed by atoms with van der Waals surface area (Å²) in [4.78, 5) is 121. The third-order valence-corrected chi connectivity index (χ3v) is 9.96. The molecule has 0 saturated carbocycles. The molecule has 27 heteroatoms. The maximum absolute atomic E-state index is 14.1. The molecule has 0 aliphatic heterocycles. The van der Waals surface area contributed by atoms with Crippen LogP contribution in [-0.2, 0) is 62.2 Å². The molecular weight excluding hydrogens is 991 g/mol. The molecule has 0 aromatic carbocycles. The number of anilines is 3. The molecule has 0 saturated heterocycles. The highest BCUT2D eigenvalue weighted by atomic mass is 32.1. The van der Waals surface area contributed by atoms with Gasteiger partial charge in [0.15, 0.2) is 26.8 Å². The van der Waals surface area contributed by atoms with Crippen molar-refractivity contribution in [2.45, 2.75) is 164 Å². The van der Waals surface area contributed by atoms with Crippen molar-refractivity contribution in [3.63, 3.8) is 0 Å². The number of hydrogen-bond donors (Lipinski definition) is 4. The Kier molecular flexibility index (Phi) is 18.4. The lowest BCUT2D eigenvalue weighted by molar-refractivity contribution is -0.180. The Morgan fingerprint density at radius 3 is 0.986 bits per heavy atom. The summed E-state index contributed by atoms with van der Waals surface area (Å²) in [6, 6.07) is 0. The van der Waals surface area contributed by atoms with Gasteiger partial charge in [-0.3, -0.25) is 25.5 Å². The highest BCUT2D eigenvalue weighted by molar-refractivity contribution is 7.15. The molecule has 4 N–H and O–H groups in total. The van der Waals surface area contributed by atoms with Gasteiger partial charge >= 0.3 is 30.0 Å². The fraction of sp³-hybridized carbons (Fsp3) is 0.568. The number of carbonyl (C=O) groups excluding carboxylic acids is 6. The van der Waals surface area contributed by atoms with E-state index in [2.05, 4.69) is 46.4 Å². The Labute approximate surface area is 422 Å². The van der Waals surface area contributed by atoms with E-state index >= 15 is 0 Å². The van der Waals surface area contributed by atoms with E-state index in [1.54, 1.807) is 83.1 Å². The van der Waals surface area contributed by atoms with Gasteiger partial charge < -0.3 is 38.6 Å². The van der Waals surface area contributed by atoms with Crippen molar-refractivity contribution in [3.8, 4) is 0 Å². The zero-order chi connectivity index (χ0) is 54.3. The maximum Gasteiger partial charge on any atom is 0.413 e. The highest BCUT2D eigenvalue weighted by Gasteiger charge is 2.39. The molecule has 3 aromatic heterocycles. The van der Waals surface area contributed by atoms with Crippen LogP contribution in [0, 0.1) is 0 Å². The van der Waals surface area contributed by atoms with Crippen molar-refractivity contribution in [1.29, 1.82) is 0 Å². The minimum Gasteiger partial charge on any atom is -0.476 e. The van der Waals surface area contributed by atoms with Crippen LogP contribution in [0.25, 0.3) is 0 Å². The smallest absolute Gasteiger partial charge is 0.413 e. The molecule has 3 heterocycles. The zero-order valence-corrected chi connectivity index (χ0v) is 45.3. The number of esters is 3. The summed E-state index contributed by atoms with van der Waals surface area (Å²) in [6.45, 7) is 28.0. The van der Waals surface area contributed by atoms with Gasteiger partial charge in [0, 0.05) is 16.1 Å². The Balaban J connectivity index is 2.04. The van der Waals surface area contributed by atoms with Crippen LogP contribution >= 0.6 is 34.0 Å². The number of carboxylic acid groups (broad SMARTS) is 1. The summed E-state index contributed by atoms with van der Waals surface area (Å²) in [7, 11) is 0. The molecule has 390 valence electrons. The Morgan fingerprint density at radius 2 is 0.704 bits per heavy atom. The molecule has 3 amide bonds. The number of aromatic nitrogens is 3. The molecule has 0 fully saturated rings. The first kappa shape index (κ1) is 58.7. The molecule has 0 atom stereocenters. The molecule has 3 aromatic rings. The van der Waals surface area contributed by atoms with Crippen molar-refractivity contribution in [1.82, 2.24) is 15.0 Å². The van der Waals surface area contributed by atoms with Crippen LogP contribution in [0.2, 0.25) is 0 Å². The maximum atomic E-state index is 14.1. The van der Waals surface area contributed by atoms with Crippen LogP contribution in [0.5, 0.6) is 0 Å². The first-order valence-corrected chi connectivity index (χ1v) is 24.0. The van der Waals surface area contributed by atoms with Gasteiger partial charge in [0.1, 0.15) is 39.5 Å². The number of rotatable bonds is 18. The summed E-state index contributed by atoms with van der Waals surface area (Å²) in [5.74, 6) is -6.04. The van der Waals surface area contributed by atoms with Crippen LogP contribution in [0.1, 0.15) is 142 Å². The number of carbonyl (C=O) groups is 7. The Bertz CT molecular complexity index is 2580. The normalized spacial score (nSPS) is 13.4. The lowest BCUT2D eigenvalue weighted by Crippen LogP contribution is -2.40. The second-order valence-corrected chi connectivity index (χ2v) is 23.2. The van der Waals surface area contributed by atoms with Crippen LogP contribution in [0.15, 0.2) is 31.6 Å². The number of nitrogens with one attached hydrogen (secondary N) is 3. The van der Waals surface area contributed by atoms with E-state index in [0.29, 0.717) is 0 Å². The van der Waals surface area contributed by atoms with Crippen molar-refractivity contribution in [2.75, 3.05) is 16.0 Å². The number of thiazole rings is 3. The molecule has 24 nitrogen and oxygen atoms in total. The summed E-state index contributed by atoms with van der Waals surface area (Å²) in [5.41, 5.74) is -11.1. The van der Waals surface area contributed by atoms with Gasteiger partial charge in [0.2, 0.25) is 22.5 Å². The first-order valence-electron chi connectivity index (χ1n) is 21.4. The number of nitrogens with zero attached hydrogens (tertiary/aromatic N) is 6. The van der Waals surface area contributed by atoms with Gasteiger partial charge in [-0.2, -0.15) is 0 Å². The predicted molar refractivity (Wildman–Crippen MR) is 264 cm³/mol. The monoisotopic (exact) mass is 1050 g/mol. The molecule has 0 unspecified atom stereocenters. The molecular formula is C44H61N9O15S3. The van der Waals surface area contributed by atoms with E-state index in [4.69, 9.17) is 33.5 Å². The molecule has 3 rings (SSSR count). The molecule has 0 aliphatic rings. The standard InChI is InChI=1S/C44H61N9O15S3/c1-38(2,3)62-31(58)42(13,14)66-51-25(28(54)49-35-47-24(21-70-35)27(30(56)57)53-68-44(17,18)33(60)64-40(7,8)9)22-19-69-34(45-22)48-29(55)26(52-67-43(15,16)32(59)63-39(4,5)6)23-20-71-36(46-23)50-37(61)65-41(10,11)12/h19-21H,1-18H3,(H,56,57)(H,45,48,55)(H,46,50,61)(H,47,49,54)/b51-25-,52-26-,53-27-. The second kappa shape index (κ2) is 22.2. The average Bonchev–Trinajstić information content (AvgIpc) is 3.94. The van der Waals surface area contributed by atoms with Crippen LogP contribution in [0.3, 0.4) is 0 Å². The van der Waals surface area contributed by atoms with E-state index in [1.165, 1.54) is 57.7 Å². The topological polar surface area (TPSA) is 316 Å². The largest absolute Gasteiger partial charge is 0.476 e. The predicted octanol–water partition coefficient (Wildman–Crippen LogP) is 7.29. The molecule has 0 bridgehead atoms. The van der Waals surface area contributed by atoms with Gasteiger partial charge in [-0.1, -0.05) is 15.5 Å². The summed E-state index contributed by atoms with van der Waals surface area (Å²) in [5, 5.41) is 32.8. The summed E-state index contributed by atoms with van der Waals surface area (Å²) in [6.07, 6.45) is -0.820. The number of oxime groups is 3. The zero-order valence-electron chi connectivity index (χ0n) is 42.8. The van der Waals surface area contributed by atoms with Crippen LogP contribution < -0.4 is 16.0 Å². The average molecular weight is 1050 g/mol. The van der Waals surface area contributed by atoms with E-state index in [-0.39, 0.29) is 32.5 Å². The van der Waals surface area contributed by atoms with Crippen molar-refractivity contribution >= 4 is 108 Å². The summed E-state index contributed by atoms with van der Waals surface area (Å²) < 4.78 is 21.6. The lowest BCUT2D eigenvalue weighted by Gasteiger charge is -2.26. The molecule has 0 aliphatic carbocycles. The van der Waals surface area contributed by atoms with Gasteiger partial charge in [0.25, 0.3) is 11.8 Å². The minimum absolute atomic E-state index is 0.0214. The van der Waals surface area contributed by atoms with Gasteiger partial charge in [-0.25, -0.2) is 38.9 Å². The SMILES string of the molecule is CC(C)(C)OC(=O)Nc1nc(/C(=N/OC(C)(C)C(=O)OC(C)(C)C)C(=O)Nc2nc(/C(=N/OC(C)(C)C(=O)OC(C)(C)C)C(=O)Nc3nc(/C(=N/OC(C)(C)C(=O)OC(C)(C)C)C(=O)O)cs3)cs2)cs1. The molecule has 0 radical (unpaired) electrons. The lowest BCUT2D eigenvalue weighted by atomic mass is 10.1. The molecule has 0 spiro atoms. The van der Waals surface area contributed by atoms with E-state index < -0.39 is 98.1 Å². The Hall–Kier alpha value is -6.61. The summed E-state index contributed by atoms with van der Waals surface area (Å²) >= 11 is 2.52. The highest BCUT2D eigenvalue weighted by Crippen LogP contribution is 2.26. The minimum atomic E-state index is -1.77. The van der Waals surface area contributed by atoms with Gasteiger partial charge in [-0.15, -0.1) is 34.0 Å². The second-order valence-electron chi connectivity index (χ2n) is 20.6. The number of amides is 3. The third-order valence-electron chi connectivity index (χ3n) is 7.69.